The van der Waals surface area contributed by atoms with Crippen molar-refractivity contribution in [3.05, 3.63) is 30.0 Å². The third-order valence-electron chi connectivity index (χ3n) is 3.10. The fraction of sp³-hybridized carbons (Fsp3) is 0.357. The van der Waals surface area contributed by atoms with Crippen LogP contribution in [0.1, 0.15) is 19.4 Å². The van der Waals surface area contributed by atoms with E-state index in [0.717, 1.165) is 35.4 Å². The van der Waals surface area contributed by atoms with Crippen LogP contribution < -0.4 is 10.6 Å². The summed E-state index contributed by atoms with van der Waals surface area (Å²) in [5.41, 5.74) is 8.07. The summed E-state index contributed by atoms with van der Waals surface area (Å²) in [6.07, 6.45) is 1.84. The molecule has 0 spiro atoms. The number of aryl methyl sites for hydroxylation is 1. The van der Waals surface area contributed by atoms with Gasteiger partial charge >= 0.3 is 0 Å². The summed E-state index contributed by atoms with van der Waals surface area (Å²) in [6.45, 7) is 8.26. The first kappa shape index (κ1) is 11.7. The van der Waals surface area contributed by atoms with Gasteiger partial charge in [0.05, 0.1) is 0 Å². The first-order valence-electron chi connectivity index (χ1n) is 6.07. The number of aromatic nitrogens is 1. The Morgan fingerprint density at radius 1 is 1.18 bits per heavy atom. The smallest absolute Gasteiger partial charge is 0.136 e. The first-order valence-corrected chi connectivity index (χ1v) is 6.07. The van der Waals surface area contributed by atoms with Crippen molar-refractivity contribution >= 4 is 22.3 Å². The zero-order valence-corrected chi connectivity index (χ0v) is 10.7. The van der Waals surface area contributed by atoms with Crippen molar-refractivity contribution in [1.29, 1.82) is 0 Å². The summed E-state index contributed by atoms with van der Waals surface area (Å²) in [7, 11) is 0. The monoisotopic (exact) mass is 229 g/mol. The molecule has 0 amide bonds. The van der Waals surface area contributed by atoms with Crippen molar-refractivity contribution < 1.29 is 0 Å². The summed E-state index contributed by atoms with van der Waals surface area (Å²) in [5, 5.41) is 2.24. The second kappa shape index (κ2) is 4.62. The zero-order valence-electron chi connectivity index (χ0n) is 10.7. The van der Waals surface area contributed by atoms with Crippen molar-refractivity contribution in [2.75, 3.05) is 23.7 Å². The minimum absolute atomic E-state index is 0.829. The molecule has 0 fully saturated rings. The van der Waals surface area contributed by atoms with Gasteiger partial charge in [-0.25, -0.2) is 4.98 Å². The minimum atomic E-state index is 0.829. The van der Waals surface area contributed by atoms with E-state index in [1.54, 1.807) is 0 Å². The summed E-state index contributed by atoms with van der Waals surface area (Å²) >= 11 is 0. The second-order valence-corrected chi connectivity index (χ2v) is 4.26. The van der Waals surface area contributed by atoms with Crippen LogP contribution in [0, 0.1) is 6.92 Å². The molecule has 90 valence electrons. The van der Waals surface area contributed by atoms with Crippen LogP contribution >= 0.6 is 0 Å². The molecular weight excluding hydrogens is 210 g/mol. The molecule has 0 saturated carbocycles. The number of nitrogen functional groups attached to an aromatic ring is 1. The van der Waals surface area contributed by atoms with Crippen LogP contribution in [0.15, 0.2) is 24.4 Å². The summed E-state index contributed by atoms with van der Waals surface area (Å²) in [5.74, 6) is 1.03. The molecule has 17 heavy (non-hydrogen) atoms. The highest BCUT2D eigenvalue weighted by Gasteiger charge is 2.10. The molecule has 0 unspecified atom stereocenters. The Balaban J connectivity index is 2.72. The maximum absolute atomic E-state index is 6.06. The Morgan fingerprint density at radius 2 is 1.88 bits per heavy atom. The lowest BCUT2D eigenvalue weighted by atomic mass is 10.1. The van der Waals surface area contributed by atoms with Gasteiger partial charge in [-0.3, -0.25) is 0 Å². The number of rotatable bonds is 3. The molecule has 1 aromatic carbocycles. The molecule has 0 saturated heterocycles. The highest BCUT2D eigenvalue weighted by molar-refractivity contribution is 5.99. The molecule has 2 rings (SSSR count). The summed E-state index contributed by atoms with van der Waals surface area (Å²) in [6, 6.07) is 6.15. The number of fused-ring (bicyclic) bond motifs is 1. The van der Waals surface area contributed by atoms with E-state index in [1.165, 1.54) is 5.56 Å². The lowest BCUT2D eigenvalue weighted by Crippen LogP contribution is -2.23. The fourth-order valence-corrected chi connectivity index (χ4v) is 2.22. The predicted molar refractivity (Wildman–Crippen MR) is 74.5 cm³/mol. The van der Waals surface area contributed by atoms with Gasteiger partial charge in [-0.15, -0.1) is 0 Å². The van der Waals surface area contributed by atoms with Crippen molar-refractivity contribution in [3.63, 3.8) is 0 Å². The first-order chi connectivity index (χ1) is 8.17. The van der Waals surface area contributed by atoms with Crippen LogP contribution in [0.3, 0.4) is 0 Å². The van der Waals surface area contributed by atoms with E-state index in [4.69, 9.17) is 5.73 Å². The van der Waals surface area contributed by atoms with E-state index in [-0.39, 0.29) is 0 Å². The summed E-state index contributed by atoms with van der Waals surface area (Å²) in [4.78, 5) is 6.75. The molecule has 2 N–H and O–H groups in total. The zero-order chi connectivity index (χ0) is 12.4. The number of hydrogen-bond acceptors (Lipinski definition) is 3. The molecule has 1 aromatic heterocycles. The number of nitrogens with two attached hydrogens (primary N) is 1. The topological polar surface area (TPSA) is 42.2 Å². The molecule has 0 aliphatic carbocycles. The van der Waals surface area contributed by atoms with Gasteiger partial charge < -0.3 is 10.6 Å². The highest BCUT2D eigenvalue weighted by atomic mass is 15.2. The van der Waals surface area contributed by atoms with Crippen molar-refractivity contribution in [3.8, 4) is 0 Å². The van der Waals surface area contributed by atoms with Gasteiger partial charge in [-0.2, -0.15) is 0 Å². The van der Waals surface area contributed by atoms with Crippen LogP contribution in [-0.2, 0) is 0 Å². The molecule has 0 aliphatic rings. The van der Waals surface area contributed by atoms with Crippen LogP contribution in [-0.4, -0.2) is 18.1 Å². The van der Waals surface area contributed by atoms with E-state index in [1.807, 2.05) is 18.3 Å². The number of benzene rings is 1. The quantitative estimate of drug-likeness (QED) is 0.823. The summed E-state index contributed by atoms with van der Waals surface area (Å²) < 4.78 is 0. The van der Waals surface area contributed by atoms with Crippen LogP contribution in [0.4, 0.5) is 11.5 Å². The third-order valence-corrected chi connectivity index (χ3v) is 3.10. The Hall–Kier alpha value is -1.77. The molecule has 0 bridgehead atoms. The van der Waals surface area contributed by atoms with E-state index in [2.05, 4.69) is 36.7 Å². The van der Waals surface area contributed by atoms with Gasteiger partial charge in [0.25, 0.3) is 0 Å². The molecular formula is C14H19N3. The van der Waals surface area contributed by atoms with Gasteiger partial charge in [0.1, 0.15) is 5.82 Å². The molecule has 0 radical (unpaired) electrons. The molecule has 3 nitrogen and oxygen atoms in total. The largest absolute Gasteiger partial charge is 0.398 e. The Bertz CT molecular complexity index is 530. The second-order valence-electron chi connectivity index (χ2n) is 4.26. The fourth-order valence-electron chi connectivity index (χ4n) is 2.22. The number of anilines is 2. The molecule has 0 atom stereocenters. The van der Waals surface area contributed by atoms with E-state index < -0.39 is 0 Å². The Kier molecular flexibility index (Phi) is 3.18. The Labute approximate surface area is 102 Å². The van der Waals surface area contributed by atoms with Gasteiger partial charge in [-0.1, -0.05) is 0 Å². The maximum atomic E-state index is 6.06. The Morgan fingerprint density at radius 3 is 2.53 bits per heavy atom. The third kappa shape index (κ3) is 2.05. The number of hydrogen-bond donors (Lipinski definition) is 1. The van der Waals surface area contributed by atoms with Crippen molar-refractivity contribution in [2.45, 2.75) is 20.8 Å². The average Bonchev–Trinajstić information content (AvgIpc) is 2.31. The normalized spacial score (nSPS) is 10.8. The number of nitrogens with zero attached hydrogens (tertiary/aromatic N) is 2. The minimum Gasteiger partial charge on any atom is -0.398 e. The number of pyridine rings is 1. The SMILES string of the molecule is CCN(CC)c1nccc2c(N)cc(C)cc12. The highest BCUT2D eigenvalue weighted by Crippen LogP contribution is 2.29. The predicted octanol–water partition coefficient (Wildman–Crippen LogP) is 2.97. The maximum Gasteiger partial charge on any atom is 0.136 e. The lowest BCUT2D eigenvalue weighted by Gasteiger charge is -2.21. The van der Waals surface area contributed by atoms with E-state index >= 15 is 0 Å². The molecule has 2 aromatic rings. The van der Waals surface area contributed by atoms with Gasteiger partial charge in [0, 0.05) is 35.7 Å². The van der Waals surface area contributed by atoms with Crippen LogP contribution in [0.5, 0.6) is 0 Å². The molecule has 0 aliphatic heterocycles. The molecule has 3 heteroatoms. The average molecular weight is 229 g/mol. The molecule has 1 heterocycles. The van der Waals surface area contributed by atoms with E-state index in [0.29, 0.717) is 0 Å². The van der Waals surface area contributed by atoms with Crippen LogP contribution in [0.25, 0.3) is 10.8 Å². The van der Waals surface area contributed by atoms with Gasteiger partial charge in [0.15, 0.2) is 0 Å². The standard InChI is InChI=1S/C14H19N3/c1-4-17(5-2)14-12-8-10(3)9-13(15)11(12)6-7-16-14/h6-9H,4-5,15H2,1-3H3. The van der Waals surface area contributed by atoms with E-state index in [9.17, 15) is 0 Å². The van der Waals surface area contributed by atoms with Crippen molar-refractivity contribution in [2.24, 2.45) is 0 Å². The van der Waals surface area contributed by atoms with Crippen molar-refractivity contribution in [1.82, 2.24) is 4.98 Å². The van der Waals surface area contributed by atoms with Crippen LogP contribution in [0.2, 0.25) is 0 Å². The van der Waals surface area contributed by atoms with Gasteiger partial charge in [-0.05, 0) is 44.5 Å². The lowest BCUT2D eigenvalue weighted by molar-refractivity contribution is 0.852. The van der Waals surface area contributed by atoms with Gasteiger partial charge in [0.2, 0.25) is 0 Å².